The predicted molar refractivity (Wildman–Crippen MR) is 76.9 cm³/mol. The smallest absolute Gasteiger partial charge is 0.211 e. The van der Waals surface area contributed by atoms with Gasteiger partial charge in [0.05, 0.1) is 11.4 Å². The van der Waals surface area contributed by atoms with Crippen molar-refractivity contribution in [3.63, 3.8) is 0 Å². The average molecular weight is 264 g/mol. The molecule has 20 heavy (non-hydrogen) atoms. The van der Waals surface area contributed by atoms with Crippen LogP contribution < -0.4 is 0 Å². The van der Waals surface area contributed by atoms with Crippen LogP contribution in [0.1, 0.15) is 11.1 Å². The summed E-state index contributed by atoms with van der Waals surface area (Å²) in [6.45, 7) is 3.74. The standard InChI is InChI=1S/C16H12N2O2/c1-11-3-5-13(6-4-11)14-7-15(17-9-19)12(2)16(8-14)18-10-20/h3-8H,1-2H3. The molecule has 0 radical (unpaired) electrons. The highest BCUT2D eigenvalue weighted by Crippen LogP contribution is 2.34. The highest BCUT2D eigenvalue weighted by Gasteiger charge is 2.08. The first-order chi connectivity index (χ1) is 9.65. The molecule has 0 aliphatic rings. The van der Waals surface area contributed by atoms with Crippen LogP contribution in [-0.4, -0.2) is 12.2 Å². The third-order valence-corrected chi connectivity index (χ3v) is 3.07. The van der Waals surface area contributed by atoms with Crippen LogP contribution >= 0.6 is 0 Å². The molecule has 0 heterocycles. The molecule has 2 aromatic rings. The van der Waals surface area contributed by atoms with Crippen LogP contribution in [-0.2, 0) is 9.59 Å². The minimum atomic E-state index is 0.451. The number of hydrogen-bond acceptors (Lipinski definition) is 4. The van der Waals surface area contributed by atoms with Crippen LogP contribution in [0.2, 0.25) is 0 Å². The molecule has 0 saturated carbocycles. The maximum Gasteiger partial charge on any atom is 0.240 e. The van der Waals surface area contributed by atoms with Crippen LogP contribution in [0.15, 0.2) is 46.4 Å². The summed E-state index contributed by atoms with van der Waals surface area (Å²) < 4.78 is 0. The number of hydrogen-bond donors (Lipinski definition) is 0. The maximum absolute atomic E-state index is 10.5. The molecule has 0 fully saturated rings. The Hall–Kier alpha value is -2.80. The number of rotatable bonds is 3. The minimum absolute atomic E-state index is 0.451. The molecule has 0 atom stereocenters. The zero-order valence-electron chi connectivity index (χ0n) is 11.2. The van der Waals surface area contributed by atoms with Crippen molar-refractivity contribution < 1.29 is 9.59 Å². The van der Waals surface area contributed by atoms with Crippen LogP contribution in [0.5, 0.6) is 0 Å². The van der Waals surface area contributed by atoms with Crippen LogP contribution in [0.25, 0.3) is 11.1 Å². The number of aliphatic imine (C=N–C) groups is 2. The molecule has 98 valence electrons. The lowest BCUT2D eigenvalue weighted by atomic mass is 10.0. The van der Waals surface area contributed by atoms with Gasteiger partial charge in [0.1, 0.15) is 0 Å². The van der Waals surface area contributed by atoms with Gasteiger partial charge in [-0.25, -0.2) is 9.59 Å². The van der Waals surface area contributed by atoms with Crippen molar-refractivity contribution in [2.24, 2.45) is 9.98 Å². The first-order valence-corrected chi connectivity index (χ1v) is 6.03. The molecule has 0 amide bonds. The summed E-state index contributed by atoms with van der Waals surface area (Å²) in [5.41, 5.74) is 4.49. The molecule has 0 N–H and O–H groups in total. The molecule has 4 heteroatoms. The van der Waals surface area contributed by atoms with E-state index in [4.69, 9.17) is 0 Å². The van der Waals surface area contributed by atoms with Crippen molar-refractivity contribution in [2.75, 3.05) is 0 Å². The van der Waals surface area contributed by atoms with Crippen LogP contribution in [0.3, 0.4) is 0 Å². The lowest BCUT2D eigenvalue weighted by Crippen LogP contribution is -1.83. The van der Waals surface area contributed by atoms with E-state index in [0.717, 1.165) is 16.7 Å². The Kier molecular flexibility index (Phi) is 4.02. The van der Waals surface area contributed by atoms with Gasteiger partial charge >= 0.3 is 0 Å². The molecule has 0 aliphatic carbocycles. The molecule has 2 aromatic carbocycles. The van der Waals surface area contributed by atoms with Gasteiger partial charge in [0.15, 0.2) is 0 Å². The fourth-order valence-corrected chi connectivity index (χ4v) is 1.93. The van der Waals surface area contributed by atoms with E-state index in [9.17, 15) is 9.59 Å². The molecule has 0 aromatic heterocycles. The third-order valence-electron chi connectivity index (χ3n) is 3.07. The van der Waals surface area contributed by atoms with Crippen molar-refractivity contribution in [1.82, 2.24) is 0 Å². The second-order valence-electron chi connectivity index (χ2n) is 4.41. The zero-order chi connectivity index (χ0) is 14.5. The topological polar surface area (TPSA) is 58.9 Å². The van der Waals surface area contributed by atoms with Gasteiger partial charge in [0.2, 0.25) is 12.2 Å². The Morgan fingerprint density at radius 3 is 1.75 bits per heavy atom. The summed E-state index contributed by atoms with van der Waals surface area (Å²) in [6, 6.07) is 11.4. The number of benzene rings is 2. The maximum atomic E-state index is 10.5. The quantitative estimate of drug-likeness (QED) is 0.623. The van der Waals surface area contributed by atoms with E-state index in [1.807, 2.05) is 31.2 Å². The van der Waals surface area contributed by atoms with E-state index >= 15 is 0 Å². The van der Waals surface area contributed by atoms with Gasteiger partial charge < -0.3 is 0 Å². The monoisotopic (exact) mass is 264 g/mol. The summed E-state index contributed by atoms with van der Waals surface area (Å²) in [5, 5.41) is 0. The van der Waals surface area contributed by atoms with Gasteiger partial charge in [0, 0.05) is 5.56 Å². The first kappa shape index (κ1) is 13.6. The summed E-state index contributed by atoms with van der Waals surface area (Å²) in [5.74, 6) is 0. The molecular formula is C16H12N2O2. The SMILES string of the molecule is Cc1ccc(-c2cc(N=C=O)c(C)c(N=C=O)c2)cc1. The molecule has 0 unspecified atom stereocenters. The predicted octanol–water partition coefficient (Wildman–Crippen LogP) is 3.91. The molecular weight excluding hydrogens is 252 g/mol. The Labute approximate surface area is 116 Å². The number of nitrogens with zero attached hydrogens (tertiary/aromatic N) is 2. The van der Waals surface area contributed by atoms with Crippen molar-refractivity contribution in [3.8, 4) is 11.1 Å². The normalized spacial score (nSPS) is 9.50. The Morgan fingerprint density at radius 2 is 1.30 bits per heavy atom. The third kappa shape index (κ3) is 2.78. The van der Waals surface area contributed by atoms with Gasteiger partial charge in [-0.2, -0.15) is 9.98 Å². The average Bonchev–Trinajstić information content (AvgIpc) is 2.44. The second kappa shape index (κ2) is 5.89. The van der Waals surface area contributed by atoms with E-state index in [0.29, 0.717) is 16.9 Å². The van der Waals surface area contributed by atoms with E-state index in [2.05, 4.69) is 9.98 Å². The summed E-state index contributed by atoms with van der Waals surface area (Å²) >= 11 is 0. The van der Waals surface area contributed by atoms with Crippen LogP contribution in [0.4, 0.5) is 11.4 Å². The molecule has 4 nitrogen and oxygen atoms in total. The molecule has 0 bridgehead atoms. The summed E-state index contributed by atoms with van der Waals surface area (Å²) in [6.07, 6.45) is 3.03. The van der Waals surface area contributed by atoms with Gasteiger partial charge in [-0.3, -0.25) is 0 Å². The molecule has 2 rings (SSSR count). The summed E-state index contributed by atoms with van der Waals surface area (Å²) in [7, 11) is 0. The molecule has 0 aliphatic heterocycles. The molecule has 0 spiro atoms. The van der Waals surface area contributed by atoms with Crippen LogP contribution in [0, 0.1) is 13.8 Å². The first-order valence-electron chi connectivity index (χ1n) is 6.03. The lowest BCUT2D eigenvalue weighted by molar-refractivity contribution is 0.565. The molecule has 0 saturated heterocycles. The van der Waals surface area contributed by atoms with Gasteiger partial charge in [-0.15, -0.1) is 0 Å². The van der Waals surface area contributed by atoms with E-state index in [-0.39, 0.29) is 0 Å². The number of isocyanates is 2. The lowest BCUT2D eigenvalue weighted by Gasteiger charge is -2.08. The summed E-state index contributed by atoms with van der Waals surface area (Å²) in [4.78, 5) is 28.3. The largest absolute Gasteiger partial charge is 0.240 e. The second-order valence-corrected chi connectivity index (χ2v) is 4.41. The van der Waals surface area contributed by atoms with Gasteiger partial charge in [-0.1, -0.05) is 29.8 Å². The van der Waals surface area contributed by atoms with E-state index in [1.165, 1.54) is 12.2 Å². The zero-order valence-corrected chi connectivity index (χ0v) is 11.2. The van der Waals surface area contributed by atoms with Crippen molar-refractivity contribution in [1.29, 1.82) is 0 Å². The highest BCUT2D eigenvalue weighted by molar-refractivity contribution is 5.77. The Bertz CT molecular complexity index is 697. The van der Waals surface area contributed by atoms with Crippen molar-refractivity contribution in [2.45, 2.75) is 13.8 Å². The Morgan fingerprint density at radius 1 is 0.800 bits per heavy atom. The van der Waals surface area contributed by atoms with E-state index < -0.39 is 0 Å². The number of aryl methyl sites for hydroxylation is 1. The van der Waals surface area contributed by atoms with Gasteiger partial charge in [-0.05, 0) is 37.1 Å². The van der Waals surface area contributed by atoms with E-state index in [1.54, 1.807) is 19.1 Å². The highest BCUT2D eigenvalue weighted by atomic mass is 16.1. The fourth-order valence-electron chi connectivity index (χ4n) is 1.93. The van der Waals surface area contributed by atoms with Crippen molar-refractivity contribution >= 4 is 23.5 Å². The fraction of sp³-hybridized carbons (Fsp3) is 0.125. The Balaban J connectivity index is 2.67. The van der Waals surface area contributed by atoms with Crippen molar-refractivity contribution in [3.05, 3.63) is 47.5 Å². The number of carbonyl (C=O) groups excluding carboxylic acids is 2. The minimum Gasteiger partial charge on any atom is -0.211 e. The van der Waals surface area contributed by atoms with Gasteiger partial charge in [0.25, 0.3) is 0 Å².